The topological polar surface area (TPSA) is 66.5 Å². The van der Waals surface area contributed by atoms with E-state index in [4.69, 9.17) is 0 Å². The lowest BCUT2D eigenvalue weighted by molar-refractivity contribution is 0.0922. The van der Waals surface area contributed by atoms with Crippen molar-refractivity contribution in [1.29, 1.82) is 0 Å². The van der Waals surface area contributed by atoms with E-state index in [0.29, 0.717) is 30.1 Å². The molecule has 0 unspecified atom stereocenters. The van der Waals surface area contributed by atoms with E-state index in [9.17, 15) is 13.2 Å². The molecule has 1 amide bonds. The molecule has 2 bridgehead atoms. The largest absolute Gasteiger partial charge is 0.349 e. The van der Waals surface area contributed by atoms with Gasteiger partial charge in [-0.1, -0.05) is 12.5 Å². The number of rotatable bonds is 4. The van der Waals surface area contributed by atoms with E-state index in [1.165, 1.54) is 23.6 Å². The van der Waals surface area contributed by atoms with E-state index in [1.54, 1.807) is 25.1 Å². The van der Waals surface area contributed by atoms with Crippen LogP contribution in [0.1, 0.15) is 54.4 Å². The number of carbonyl (C=O) groups excluding carboxylic acids is 1. The van der Waals surface area contributed by atoms with Crippen molar-refractivity contribution in [3.8, 4) is 0 Å². The van der Waals surface area contributed by atoms with E-state index in [2.05, 4.69) is 5.32 Å². The normalized spacial score (nSPS) is 29.2. The van der Waals surface area contributed by atoms with Crippen LogP contribution in [-0.4, -0.2) is 37.8 Å². The van der Waals surface area contributed by atoms with Gasteiger partial charge in [0.25, 0.3) is 5.91 Å². The van der Waals surface area contributed by atoms with Gasteiger partial charge in [0.05, 0.1) is 4.90 Å². The molecule has 1 aliphatic heterocycles. The summed E-state index contributed by atoms with van der Waals surface area (Å²) in [6, 6.07) is 5.30. The fourth-order valence-corrected chi connectivity index (χ4v) is 6.53. The third-order valence-electron chi connectivity index (χ3n) is 6.19. The lowest BCUT2D eigenvalue weighted by Crippen LogP contribution is -2.38. The minimum absolute atomic E-state index is 0.143. The van der Waals surface area contributed by atoms with Crippen LogP contribution in [0.3, 0.4) is 0 Å². The summed E-state index contributed by atoms with van der Waals surface area (Å²) in [4.78, 5) is 12.9. The van der Waals surface area contributed by atoms with E-state index >= 15 is 0 Å². The number of sulfonamides is 1. The van der Waals surface area contributed by atoms with Crippen LogP contribution in [0.25, 0.3) is 0 Å². The summed E-state index contributed by atoms with van der Waals surface area (Å²) in [5, 5.41) is 3.15. The minimum atomic E-state index is -3.51. The Morgan fingerprint density at radius 3 is 2.56 bits per heavy atom. The number of carbonyl (C=O) groups is 1. The first-order valence-electron chi connectivity index (χ1n) is 9.37. The van der Waals surface area contributed by atoms with Crippen molar-refractivity contribution in [1.82, 2.24) is 9.62 Å². The van der Waals surface area contributed by atoms with E-state index in [1.807, 2.05) is 0 Å². The molecule has 1 heterocycles. The Morgan fingerprint density at radius 2 is 1.92 bits per heavy atom. The summed E-state index contributed by atoms with van der Waals surface area (Å²) in [5.41, 5.74) is 1.15. The smallest absolute Gasteiger partial charge is 0.251 e. The predicted molar refractivity (Wildman–Crippen MR) is 95.9 cm³/mol. The second kappa shape index (κ2) is 6.40. The first-order chi connectivity index (χ1) is 11.9. The molecule has 25 heavy (non-hydrogen) atoms. The molecule has 0 radical (unpaired) electrons. The zero-order valence-corrected chi connectivity index (χ0v) is 15.5. The van der Waals surface area contributed by atoms with Crippen LogP contribution in [0.5, 0.6) is 0 Å². The summed E-state index contributed by atoms with van der Waals surface area (Å²) in [6.07, 6.45) is 6.61. The van der Waals surface area contributed by atoms with Crippen molar-refractivity contribution in [2.24, 2.45) is 11.8 Å². The van der Waals surface area contributed by atoms with Gasteiger partial charge >= 0.3 is 0 Å². The zero-order chi connectivity index (χ0) is 17.6. The highest BCUT2D eigenvalue weighted by molar-refractivity contribution is 7.89. The molecule has 1 aromatic carbocycles. The Hall–Kier alpha value is -1.40. The Labute approximate surface area is 149 Å². The number of hydrogen-bond acceptors (Lipinski definition) is 3. The van der Waals surface area contributed by atoms with Gasteiger partial charge in [-0.05, 0) is 68.6 Å². The van der Waals surface area contributed by atoms with Crippen LogP contribution < -0.4 is 5.32 Å². The monoisotopic (exact) mass is 362 g/mol. The number of hydrogen-bond donors (Lipinski definition) is 1. The molecule has 3 fully saturated rings. The van der Waals surface area contributed by atoms with Gasteiger partial charge in [-0.25, -0.2) is 8.42 Å². The van der Waals surface area contributed by atoms with Crippen LogP contribution in [0, 0.1) is 18.8 Å². The van der Waals surface area contributed by atoms with Crippen LogP contribution in [0.15, 0.2) is 23.1 Å². The third kappa shape index (κ3) is 3.10. The number of aryl methyl sites for hydroxylation is 1. The first kappa shape index (κ1) is 17.0. The summed E-state index contributed by atoms with van der Waals surface area (Å²) >= 11 is 0. The Kier molecular flexibility index (Phi) is 4.36. The summed E-state index contributed by atoms with van der Waals surface area (Å²) < 4.78 is 27.3. The highest BCUT2D eigenvalue weighted by Gasteiger charge is 2.40. The molecule has 6 heteroatoms. The number of benzene rings is 1. The van der Waals surface area contributed by atoms with Gasteiger partial charge in [-0.3, -0.25) is 4.79 Å². The van der Waals surface area contributed by atoms with Crippen molar-refractivity contribution in [2.45, 2.75) is 56.4 Å². The second-order valence-corrected chi connectivity index (χ2v) is 9.75. The number of amides is 1. The average molecular weight is 362 g/mol. The molecule has 5 nitrogen and oxygen atoms in total. The number of fused-ring (bicyclic) bond motifs is 2. The minimum Gasteiger partial charge on any atom is -0.349 e. The van der Waals surface area contributed by atoms with Gasteiger partial charge in [-0.2, -0.15) is 4.31 Å². The highest BCUT2D eigenvalue weighted by atomic mass is 32.2. The van der Waals surface area contributed by atoms with Crippen molar-refractivity contribution in [3.05, 3.63) is 29.3 Å². The van der Waals surface area contributed by atoms with E-state index in [0.717, 1.165) is 25.2 Å². The molecule has 4 rings (SSSR count). The Morgan fingerprint density at radius 1 is 1.16 bits per heavy atom. The van der Waals surface area contributed by atoms with Gasteiger partial charge in [0, 0.05) is 24.7 Å². The average Bonchev–Trinajstić information content (AvgIpc) is 3.33. The summed E-state index contributed by atoms with van der Waals surface area (Å²) in [6.45, 7) is 2.94. The maximum atomic E-state index is 12.9. The van der Waals surface area contributed by atoms with E-state index < -0.39 is 10.0 Å². The molecule has 0 spiro atoms. The van der Waals surface area contributed by atoms with Crippen molar-refractivity contribution in [2.75, 3.05) is 13.1 Å². The molecular formula is C19H26N2O3S. The van der Waals surface area contributed by atoms with E-state index in [-0.39, 0.29) is 16.8 Å². The fraction of sp³-hybridized carbons (Fsp3) is 0.632. The fourth-order valence-electron chi connectivity index (χ4n) is 4.76. The van der Waals surface area contributed by atoms with Crippen molar-refractivity contribution < 1.29 is 13.2 Å². The zero-order valence-electron chi connectivity index (χ0n) is 14.7. The van der Waals surface area contributed by atoms with Crippen LogP contribution in [0.2, 0.25) is 0 Å². The molecule has 136 valence electrons. The first-order valence-corrected chi connectivity index (χ1v) is 10.8. The van der Waals surface area contributed by atoms with Crippen LogP contribution in [-0.2, 0) is 10.0 Å². The quantitative estimate of drug-likeness (QED) is 0.895. The SMILES string of the molecule is Cc1ccc(C(=O)N[C@H]2C[C@@H]3CC[C@@H]2C3)cc1S(=O)(=O)N1CCCC1. The number of nitrogens with zero attached hydrogens (tertiary/aromatic N) is 1. The predicted octanol–water partition coefficient (Wildman–Crippen LogP) is 2.70. The van der Waals surface area contributed by atoms with Crippen molar-refractivity contribution >= 4 is 15.9 Å². The van der Waals surface area contributed by atoms with Gasteiger partial charge in [0.15, 0.2) is 0 Å². The van der Waals surface area contributed by atoms with Gasteiger partial charge in [0.1, 0.15) is 0 Å². The molecular weight excluding hydrogens is 336 g/mol. The maximum Gasteiger partial charge on any atom is 0.251 e. The van der Waals surface area contributed by atoms with Crippen LogP contribution in [0.4, 0.5) is 0 Å². The maximum absolute atomic E-state index is 12.9. The summed E-state index contributed by atoms with van der Waals surface area (Å²) in [5.74, 6) is 1.22. The van der Waals surface area contributed by atoms with Crippen LogP contribution >= 0.6 is 0 Å². The lowest BCUT2D eigenvalue weighted by atomic mass is 9.95. The summed E-state index contributed by atoms with van der Waals surface area (Å²) in [7, 11) is -3.51. The molecule has 1 N–H and O–H groups in total. The lowest BCUT2D eigenvalue weighted by Gasteiger charge is -2.23. The molecule has 1 aromatic rings. The van der Waals surface area contributed by atoms with Gasteiger partial charge in [0.2, 0.25) is 10.0 Å². The molecule has 3 aliphatic rings. The molecule has 3 atom stereocenters. The Bertz CT molecular complexity index is 784. The molecule has 2 aliphatic carbocycles. The standard InChI is InChI=1S/C19H26N2O3S/c1-13-4-6-16(12-18(13)25(23,24)21-8-2-3-9-21)19(22)20-17-11-14-5-7-15(17)10-14/h4,6,12,14-15,17H,2-3,5,7-11H2,1H3,(H,20,22)/t14-,15-,17+/m1/s1. The third-order valence-corrected chi connectivity index (χ3v) is 8.23. The molecule has 2 saturated carbocycles. The number of nitrogens with one attached hydrogen (secondary N) is 1. The van der Waals surface area contributed by atoms with Crippen molar-refractivity contribution in [3.63, 3.8) is 0 Å². The Balaban J connectivity index is 1.55. The van der Waals surface area contributed by atoms with Gasteiger partial charge < -0.3 is 5.32 Å². The second-order valence-electron chi connectivity index (χ2n) is 7.85. The van der Waals surface area contributed by atoms with Gasteiger partial charge in [-0.15, -0.1) is 0 Å². The molecule has 0 aromatic heterocycles. The molecule has 1 saturated heterocycles. The highest BCUT2D eigenvalue weighted by Crippen LogP contribution is 2.44.